The average Bonchev–Trinajstić information content (AvgIpc) is 2.33. The third-order valence-corrected chi connectivity index (χ3v) is 4.51. The molecule has 19 heavy (non-hydrogen) atoms. The Balaban J connectivity index is 2.45. The summed E-state index contributed by atoms with van der Waals surface area (Å²) in [6, 6.07) is 1.28. The van der Waals surface area contributed by atoms with Gasteiger partial charge in [0.05, 0.1) is 0 Å². The first kappa shape index (κ1) is 16.4. The van der Waals surface area contributed by atoms with Gasteiger partial charge in [0.1, 0.15) is 5.54 Å². The molecule has 4 heteroatoms. The minimum atomic E-state index is -0.781. The van der Waals surface area contributed by atoms with Crippen molar-refractivity contribution in [3.8, 4) is 0 Å². The molecular formula is C15H30N2O2. The van der Waals surface area contributed by atoms with E-state index in [2.05, 4.69) is 24.1 Å². The quantitative estimate of drug-likeness (QED) is 0.746. The van der Waals surface area contributed by atoms with Crippen molar-refractivity contribution in [3.63, 3.8) is 0 Å². The van der Waals surface area contributed by atoms with Gasteiger partial charge in [-0.05, 0) is 59.5 Å². The predicted octanol–water partition coefficient (Wildman–Crippen LogP) is 2.48. The summed E-state index contributed by atoms with van der Waals surface area (Å²) < 4.78 is 0. The molecule has 3 atom stereocenters. The molecule has 1 heterocycles. The number of likely N-dealkylation sites (N-methyl/N-ethyl adjacent to an activating group) is 1. The number of nitrogens with one attached hydrogen (secondary N) is 1. The molecule has 0 aliphatic carbocycles. The number of carbonyl (C=O) groups is 1. The van der Waals surface area contributed by atoms with E-state index in [1.807, 2.05) is 6.92 Å². The minimum absolute atomic E-state index is 0.638. The van der Waals surface area contributed by atoms with Crippen LogP contribution in [0.3, 0.4) is 0 Å². The Morgan fingerprint density at radius 3 is 2.42 bits per heavy atom. The van der Waals surface area contributed by atoms with Gasteiger partial charge in [-0.2, -0.15) is 0 Å². The molecule has 0 amide bonds. The second-order valence-electron chi connectivity index (χ2n) is 6.14. The Hall–Kier alpha value is -0.610. The van der Waals surface area contributed by atoms with Crippen LogP contribution in [0.15, 0.2) is 0 Å². The van der Waals surface area contributed by atoms with Crippen molar-refractivity contribution in [3.05, 3.63) is 0 Å². The van der Waals surface area contributed by atoms with Crippen LogP contribution in [0.4, 0.5) is 0 Å². The fraction of sp³-hybridized carbons (Fsp3) is 0.933. The summed E-state index contributed by atoms with van der Waals surface area (Å²) in [4.78, 5) is 13.9. The summed E-state index contributed by atoms with van der Waals surface area (Å²) in [5, 5.41) is 12.4. The Labute approximate surface area is 117 Å². The second-order valence-corrected chi connectivity index (χ2v) is 6.14. The van der Waals surface area contributed by atoms with Crippen molar-refractivity contribution in [2.45, 2.75) is 77.4 Å². The van der Waals surface area contributed by atoms with Crippen LogP contribution >= 0.6 is 0 Å². The number of carboxylic acid groups (broad SMARTS) is 1. The van der Waals surface area contributed by atoms with E-state index in [1.54, 1.807) is 6.92 Å². The molecule has 0 bridgehead atoms. The number of hydrogen-bond donors (Lipinski definition) is 2. The van der Waals surface area contributed by atoms with Crippen LogP contribution in [0.25, 0.3) is 0 Å². The van der Waals surface area contributed by atoms with Crippen molar-refractivity contribution in [1.29, 1.82) is 0 Å². The summed E-state index contributed by atoms with van der Waals surface area (Å²) in [6.45, 7) is 10.0. The Bertz CT molecular complexity index is 286. The molecule has 1 rings (SSSR count). The van der Waals surface area contributed by atoms with Crippen molar-refractivity contribution in [2.24, 2.45) is 0 Å². The van der Waals surface area contributed by atoms with Crippen molar-refractivity contribution in [2.75, 3.05) is 13.1 Å². The van der Waals surface area contributed by atoms with Gasteiger partial charge in [0, 0.05) is 12.1 Å². The molecule has 112 valence electrons. The number of aliphatic carboxylic acids is 1. The molecule has 1 aliphatic rings. The lowest BCUT2D eigenvalue weighted by Gasteiger charge is -2.39. The monoisotopic (exact) mass is 270 g/mol. The third kappa shape index (κ3) is 4.46. The van der Waals surface area contributed by atoms with Crippen LogP contribution in [-0.2, 0) is 4.79 Å². The molecule has 0 saturated carbocycles. The van der Waals surface area contributed by atoms with Crippen LogP contribution in [0.1, 0.15) is 59.8 Å². The van der Waals surface area contributed by atoms with Crippen LogP contribution in [0.5, 0.6) is 0 Å². The lowest BCUT2D eigenvalue weighted by Crippen LogP contribution is -2.50. The molecular weight excluding hydrogens is 240 g/mol. The van der Waals surface area contributed by atoms with Gasteiger partial charge in [0.15, 0.2) is 0 Å². The van der Waals surface area contributed by atoms with Gasteiger partial charge in [-0.25, -0.2) is 0 Å². The molecule has 1 saturated heterocycles. The maximum absolute atomic E-state index is 11.3. The zero-order chi connectivity index (χ0) is 14.5. The summed E-state index contributed by atoms with van der Waals surface area (Å²) in [5.41, 5.74) is -0.781. The normalized spacial score (nSPS) is 28.0. The lowest BCUT2D eigenvalue weighted by atomic mass is 9.93. The highest BCUT2D eigenvalue weighted by molar-refractivity contribution is 5.78. The summed E-state index contributed by atoms with van der Waals surface area (Å²) in [7, 11) is 0. The molecule has 4 nitrogen and oxygen atoms in total. The predicted molar refractivity (Wildman–Crippen MR) is 78.4 cm³/mol. The number of hydrogen-bond acceptors (Lipinski definition) is 3. The van der Waals surface area contributed by atoms with Crippen LogP contribution in [-0.4, -0.2) is 46.7 Å². The van der Waals surface area contributed by atoms with Gasteiger partial charge in [-0.1, -0.05) is 13.3 Å². The molecule has 0 radical (unpaired) electrons. The van der Waals surface area contributed by atoms with E-state index in [-0.39, 0.29) is 0 Å². The van der Waals surface area contributed by atoms with E-state index in [0.717, 1.165) is 13.0 Å². The van der Waals surface area contributed by atoms with Crippen LogP contribution in [0.2, 0.25) is 0 Å². The van der Waals surface area contributed by atoms with E-state index in [9.17, 15) is 9.90 Å². The number of likely N-dealkylation sites (tertiary alicyclic amines) is 1. The highest BCUT2D eigenvalue weighted by Crippen LogP contribution is 2.23. The molecule has 1 aliphatic heterocycles. The topological polar surface area (TPSA) is 52.6 Å². The Kier molecular flexibility index (Phi) is 6.27. The van der Waals surface area contributed by atoms with Crippen molar-refractivity contribution < 1.29 is 9.90 Å². The van der Waals surface area contributed by atoms with E-state index < -0.39 is 11.5 Å². The van der Waals surface area contributed by atoms with Gasteiger partial charge >= 0.3 is 5.97 Å². The molecule has 0 spiro atoms. The first-order valence-corrected chi connectivity index (χ1v) is 7.65. The molecule has 0 aromatic rings. The molecule has 0 aromatic carbocycles. The van der Waals surface area contributed by atoms with Gasteiger partial charge in [-0.15, -0.1) is 0 Å². The second kappa shape index (κ2) is 7.25. The van der Waals surface area contributed by atoms with Gasteiger partial charge in [-0.3, -0.25) is 9.69 Å². The standard InChI is InChI=1S/C15H30N2O2/c1-5-16-15(4,14(18)19)10-7-11-17-12(2)8-6-9-13(17)3/h12-13,16H,5-11H2,1-4H3,(H,18,19)/t12-,13+,15?. The van der Waals surface area contributed by atoms with Gasteiger partial charge in [0.2, 0.25) is 0 Å². The van der Waals surface area contributed by atoms with Gasteiger partial charge in [0.25, 0.3) is 0 Å². The summed E-state index contributed by atoms with van der Waals surface area (Å²) >= 11 is 0. The molecule has 1 fully saturated rings. The van der Waals surface area contributed by atoms with E-state index >= 15 is 0 Å². The highest BCUT2D eigenvalue weighted by atomic mass is 16.4. The van der Waals surface area contributed by atoms with Crippen LogP contribution < -0.4 is 5.32 Å². The SMILES string of the molecule is CCNC(C)(CCCN1[C@H](C)CCC[C@@H]1C)C(=O)O. The zero-order valence-corrected chi connectivity index (χ0v) is 12.9. The molecule has 0 aromatic heterocycles. The fourth-order valence-corrected chi connectivity index (χ4v) is 3.19. The summed E-state index contributed by atoms with van der Waals surface area (Å²) in [6.07, 6.45) is 5.49. The number of nitrogens with zero attached hydrogens (tertiary/aromatic N) is 1. The minimum Gasteiger partial charge on any atom is -0.480 e. The van der Waals surface area contributed by atoms with Gasteiger partial charge < -0.3 is 10.4 Å². The number of carboxylic acids is 1. The first-order chi connectivity index (χ1) is 8.90. The van der Waals surface area contributed by atoms with E-state index in [1.165, 1.54) is 19.3 Å². The lowest BCUT2D eigenvalue weighted by molar-refractivity contribution is -0.144. The van der Waals surface area contributed by atoms with E-state index in [0.29, 0.717) is 25.0 Å². The first-order valence-electron chi connectivity index (χ1n) is 7.65. The number of piperidine rings is 1. The Morgan fingerprint density at radius 2 is 1.95 bits per heavy atom. The Morgan fingerprint density at radius 1 is 1.37 bits per heavy atom. The molecule has 1 unspecified atom stereocenters. The fourth-order valence-electron chi connectivity index (χ4n) is 3.19. The average molecular weight is 270 g/mol. The highest BCUT2D eigenvalue weighted by Gasteiger charge is 2.32. The van der Waals surface area contributed by atoms with Crippen LogP contribution in [0, 0.1) is 0 Å². The maximum Gasteiger partial charge on any atom is 0.323 e. The maximum atomic E-state index is 11.3. The summed E-state index contributed by atoms with van der Waals surface area (Å²) in [5.74, 6) is -0.742. The zero-order valence-electron chi connectivity index (χ0n) is 12.9. The number of rotatable bonds is 7. The largest absolute Gasteiger partial charge is 0.480 e. The van der Waals surface area contributed by atoms with Crippen molar-refractivity contribution >= 4 is 5.97 Å². The smallest absolute Gasteiger partial charge is 0.323 e. The van der Waals surface area contributed by atoms with E-state index in [4.69, 9.17) is 0 Å². The molecule has 2 N–H and O–H groups in total. The third-order valence-electron chi connectivity index (χ3n) is 4.51. The van der Waals surface area contributed by atoms with Crippen molar-refractivity contribution in [1.82, 2.24) is 10.2 Å².